The van der Waals surface area contributed by atoms with Crippen molar-refractivity contribution in [2.45, 2.75) is 19.9 Å². The Morgan fingerprint density at radius 3 is 2.50 bits per heavy atom. The number of nitrogens with zero attached hydrogens (tertiary/aromatic N) is 5. The molecule has 2 aromatic rings. The van der Waals surface area contributed by atoms with E-state index in [1.165, 1.54) is 5.57 Å². The molecular formula is C30H40N6O2. The number of anilines is 2. The molecule has 0 aliphatic carbocycles. The van der Waals surface area contributed by atoms with Gasteiger partial charge in [-0.05, 0) is 55.8 Å². The Balaban J connectivity index is 1.68. The number of carbonyl (C=O) groups excluding carboxylic acids is 1. The number of aliphatic imine (C=N–C) groups is 1. The van der Waals surface area contributed by atoms with Gasteiger partial charge in [-0.15, -0.1) is 0 Å². The number of rotatable bonds is 9. The first kappa shape index (κ1) is 28.7. The van der Waals surface area contributed by atoms with Crippen molar-refractivity contribution in [1.29, 1.82) is 0 Å². The van der Waals surface area contributed by atoms with Crippen molar-refractivity contribution in [3.63, 3.8) is 0 Å². The second-order valence-electron chi connectivity index (χ2n) is 9.86. The van der Waals surface area contributed by atoms with Crippen molar-refractivity contribution in [3.05, 3.63) is 88.4 Å². The van der Waals surface area contributed by atoms with E-state index in [-0.39, 0.29) is 11.5 Å². The number of aromatic nitrogens is 1. The van der Waals surface area contributed by atoms with E-state index in [1.54, 1.807) is 56.1 Å². The molecule has 2 heterocycles. The highest BCUT2D eigenvalue weighted by atomic mass is 16.2. The molecule has 1 aliphatic heterocycles. The first-order valence-electron chi connectivity index (χ1n) is 12.8. The molecule has 8 heteroatoms. The van der Waals surface area contributed by atoms with E-state index in [1.807, 2.05) is 42.5 Å². The summed E-state index contributed by atoms with van der Waals surface area (Å²) in [6.45, 7) is 12.2. The van der Waals surface area contributed by atoms with E-state index < -0.39 is 0 Å². The number of piperazine rings is 1. The van der Waals surface area contributed by atoms with Crippen LogP contribution in [0.5, 0.6) is 0 Å². The lowest BCUT2D eigenvalue weighted by Crippen LogP contribution is -2.52. The van der Waals surface area contributed by atoms with Gasteiger partial charge >= 0.3 is 0 Å². The lowest BCUT2D eigenvalue weighted by molar-refractivity contribution is 0.0827. The minimum absolute atomic E-state index is 0.0124. The monoisotopic (exact) mass is 516 g/mol. The summed E-state index contributed by atoms with van der Waals surface area (Å²) in [6, 6.07) is 11.6. The van der Waals surface area contributed by atoms with Gasteiger partial charge < -0.3 is 15.1 Å². The number of allylic oxidation sites excluding steroid dienone is 4. The third kappa shape index (κ3) is 7.10. The van der Waals surface area contributed by atoms with Crippen LogP contribution in [0.25, 0.3) is 5.70 Å². The molecule has 1 N–H and O–H groups in total. The molecular weight excluding hydrogens is 476 g/mol. The second kappa shape index (κ2) is 13.1. The Morgan fingerprint density at radius 1 is 1.21 bits per heavy atom. The molecule has 1 fully saturated rings. The number of amides is 1. The van der Waals surface area contributed by atoms with Crippen LogP contribution in [0.15, 0.2) is 82.3 Å². The van der Waals surface area contributed by atoms with Crippen LogP contribution >= 0.6 is 0 Å². The molecule has 3 rings (SSSR count). The molecule has 1 atom stereocenters. The highest BCUT2D eigenvalue weighted by Crippen LogP contribution is 2.22. The Kier molecular flexibility index (Phi) is 9.85. The lowest BCUT2D eigenvalue weighted by Gasteiger charge is -2.41. The van der Waals surface area contributed by atoms with Gasteiger partial charge in [-0.3, -0.25) is 24.0 Å². The normalized spacial score (nSPS) is 17.1. The third-order valence-corrected chi connectivity index (χ3v) is 6.70. The molecule has 1 saturated heterocycles. The summed E-state index contributed by atoms with van der Waals surface area (Å²) in [5.74, 6) is 0.0124. The van der Waals surface area contributed by atoms with Crippen LogP contribution in [0.4, 0.5) is 11.4 Å². The number of hydrogen-bond acceptors (Lipinski definition) is 6. The number of benzene rings is 1. The Morgan fingerprint density at radius 2 is 1.92 bits per heavy atom. The molecule has 0 spiro atoms. The van der Waals surface area contributed by atoms with Crippen molar-refractivity contribution < 1.29 is 4.79 Å². The zero-order chi connectivity index (χ0) is 27.8. The smallest absolute Gasteiger partial charge is 0.257 e. The summed E-state index contributed by atoms with van der Waals surface area (Å²) in [5, 5.41) is 2.99. The molecule has 202 valence electrons. The van der Waals surface area contributed by atoms with E-state index in [0.717, 1.165) is 43.1 Å². The highest BCUT2D eigenvalue weighted by molar-refractivity contribution is 5.94. The topological polar surface area (TPSA) is 73.2 Å². The molecule has 0 bridgehead atoms. The molecule has 0 saturated carbocycles. The van der Waals surface area contributed by atoms with Crippen LogP contribution in [0.2, 0.25) is 0 Å². The van der Waals surface area contributed by atoms with E-state index in [4.69, 9.17) is 0 Å². The van der Waals surface area contributed by atoms with E-state index in [0.29, 0.717) is 17.3 Å². The first-order chi connectivity index (χ1) is 18.1. The summed E-state index contributed by atoms with van der Waals surface area (Å²) in [7, 11) is 7.01. The minimum atomic E-state index is -0.135. The van der Waals surface area contributed by atoms with Crippen molar-refractivity contribution in [3.8, 4) is 0 Å². The molecule has 1 aliphatic rings. The van der Waals surface area contributed by atoms with Crippen LogP contribution in [-0.2, 0) is 0 Å². The molecule has 1 unspecified atom stereocenters. The average molecular weight is 517 g/mol. The van der Waals surface area contributed by atoms with Gasteiger partial charge in [0.05, 0.1) is 5.70 Å². The fraction of sp³-hybridized carbons (Fsp3) is 0.367. The predicted molar refractivity (Wildman–Crippen MR) is 160 cm³/mol. The zero-order valence-electron chi connectivity index (χ0n) is 23.4. The van der Waals surface area contributed by atoms with Crippen LogP contribution in [0.1, 0.15) is 24.2 Å². The van der Waals surface area contributed by atoms with Crippen LogP contribution in [0.3, 0.4) is 0 Å². The standard InChI is InChI=1S/C30H40N6O2/c1-22(18-23(2)28(12-14-31-4)36-15-13-26(32-5)19-29(36)37)20-34-16-17-35(21-24(34)3)27-10-8-25(9-11-27)30(38)33(6)7/h8-15,18-19,24,32H,2,16-17,20-21H2,1,3-7H3/b22-18+,28-12+,31-14?. The maximum Gasteiger partial charge on any atom is 0.257 e. The number of hydrogen-bond donors (Lipinski definition) is 1. The predicted octanol–water partition coefficient (Wildman–Crippen LogP) is 3.85. The Labute approximate surface area is 226 Å². The summed E-state index contributed by atoms with van der Waals surface area (Å²) in [5.41, 5.74) is 5.07. The van der Waals surface area contributed by atoms with Crippen molar-refractivity contribution >= 4 is 29.2 Å². The summed E-state index contributed by atoms with van der Waals surface area (Å²) < 4.78 is 1.59. The lowest BCUT2D eigenvalue weighted by atomic mass is 10.1. The van der Waals surface area contributed by atoms with Gasteiger partial charge in [-0.25, -0.2) is 0 Å². The fourth-order valence-electron chi connectivity index (χ4n) is 4.60. The highest BCUT2D eigenvalue weighted by Gasteiger charge is 2.24. The van der Waals surface area contributed by atoms with E-state index in [2.05, 4.69) is 40.5 Å². The molecule has 0 radical (unpaired) electrons. The van der Waals surface area contributed by atoms with Crippen LogP contribution in [-0.4, -0.2) is 86.9 Å². The van der Waals surface area contributed by atoms with E-state index >= 15 is 0 Å². The summed E-state index contributed by atoms with van der Waals surface area (Å²) in [6.07, 6.45) is 7.28. The Hall–Kier alpha value is -3.91. The molecule has 1 aromatic carbocycles. The quantitative estimate of drug-likeness (QED) is 0.405. The largest absolute Gasteiger partial charge is 0.388 e. The van der Waals surface area contributed by atoms with Crippen molar-refractivity contribution in [2.75, 3.05) is 64.6 Å². The minimum Gasteiger partial charge on any atom is -0.388 e. The average Bonchev–Trinajstić information content (AvgIpc) is 2.90. The van der Waals surface area contributed by atoms with Crippen LogP contribution < -0.4 is 15.8 Å². The van der Waals surface area contributed by atoms with Gasteiger partial charge in [-0.1, -0.05) is 18.2 Å². The SMILES string of the molecule is C=C(/C=C(\C)CN1CCN(c2ccc(C(=O)N(C)C)cc2)CC1C)/C(=C\C=NC)n1ccc(NC)cc1=O. The van der Waals surface area contributed by atoms with E-state index in [9.17, 15) is 9.59 Å². The molecule has 1 aromatic heterocycles. The number of carbonyl (C=O) groups is 1. The zero-order valence-corrected chi connectivity index (χ0v) is 23.4. The maximum atomic E-state index is 12.7. The fourth-order valence-corrected chi connectivity index (χ4v) is 4.60. The van der Waals surface area contributed by atoms with Crippen molar-refractivity contribution in [1.82, 2.24) is 14.4 Å². The van der Waals surface area contributed by atoms with Crippen molar-refractivity contribution in [2.24, 2.45) is 4.99 Å². The van der Waals surface area contributed by atoms with Gasteiger partial charge in [0.2, 0.25) is 0 Å². The van der Waals surface area contributed by atoms with Crippen LogP contribution in [0, 0.1) is 0 Å². The summed E-state index contributed by atoms with van der Waals surface area (Å²) >= 11 is 0. The van der Waals surface area contributed by atoms with Gasteiger partial charge in [0.1, 0.15) is 0 Å². The maximum absolute atomic E-state index is 12.7. The number of nitrogens with one attached hydrogen (secondary N) is 1. The summed E-state index contributed by atoms with van der Waals surface area (Å²) in [4.78, 5) is 35.4. The first-order valence-corrected chi connectivity index (χ1v) is 12.8. The molecule has 1 amide bonds. The molecule has 8 nitrogen and oxygen atoms in total. The van der Waals surface area contributed by atoms with Gasteiger partial charge in [0.15, 0.2) is 0 Å². The third-order valence-electron chi connectivity index (χ3n) is 6.70. The van der Waals surface area contributed by atoms with Gasteiger partial charge in [0, 0.05) is 95.8 Å². The number of pyridine rings is 1. The van der Waals surface area contributed by atoms with Gasteiger partial charge in [0.25, 0.3) is 11.5 Å². The molecule has 38 heavy (non-hydrogen) atoms. The van der Waals surface area contributed by atoms with Gasteiger partial charge in [-0.2, -0.15) is 0 Å². The second-order valence-corrected chi connectivity index (χ2v) is 9.86. The Bertz CT molecular complexity index is 1290.